The smallest absolute Gasteiger partial charge is 0.338 e. The average molecular weight is 822 g/mol. The molecule has 3 N–H and O–H groups in total. The zero-order valence-electron chi connectivity index (χ0n) is 36.7. The van der Waals surface area contributed by atoms with E-state index in [1.165, 1.54) is 0 Å². The first-order valence-electron chi connectivity index (χ1n) is 22.2. The summed E-state index contributed by atoms with van der Waals surface area (Å²) in [6.45, 7) is 14.1. The number of carbonyl (C=O) groups excluding carboxylic acids is 3. The van der Waals surface area contributed by atoms with Gasteiger partial charge < -0.3 is 30.2 Å². The molecular formula is C49H67N5O6. The molecule has 1 aromatic heterocycles. The highest BCUT2D eigenvalue weighted by atomic mass is 16.5. The van der Waals surface area contributed by atoms with Crippen molar-refractivity contribution in [2.24, 2.45) is 17.8 Å². The Kier molecular flexibility index (Phi) is 20.4. The Morgan fingerprint density at radius 1 is 0.467 bits per heavy atom. The molecule has 3 unspecified atom stereocenters. The lowest BCUT2D eigenvalue weighted by Gasteiger charge is -2.15. The number of unbranched alkanes of at least 4 members (excludes halogenated alkanes) is 3. The number of hydrogen-bond donors (Lipinski definition) is 3. The Labute approximate surface area is 357 Å². The Morgan fingerprint density at radius 3 is 1.05 bits per heavy atom. The van der Waals surface area contributed by atoms with Crippen molar-refractivity contribution in [1.29, 1.82) is 0 Å². The van der Waals surface area contributed by atoms with Gasteiger partial charge in [-0.15, -0.1) is 0 Å². The molecule has 1 heterocycles. The first-order valence-corrected chi connectivity index (χ1v) is 22.2. The summed E-state index contributed by atoms with van der Waals surface area (Å²) >= 11 is 0. The molecular weight excluding hydrogens is 755 g/mol. The summed E-state index contributed by atoms with van der Waals surface area (Å²) in [5.74, 6) is 1.30. The first kappa shape index (κ1) is 47.2. The molecule has 0 radical (unpaired) electrons. The Morgan fingerprint density at radius 2 is 0.767 bits per heavy atom. The van der Waals surface area contributed by atoms with Crippen molar-refractivity contribution in [2.45, 2.75) is 119 Å². The number of hydrogen-bond acceptors (Lipinski definition) is 11. The van der Waals surface area contributed by atoms with Crippen LogP contribution in [-0.4, -0.2) is 47.7 Å². The number of esters is 3. The van der Waals surface area contributed by atoms with Crippen LogP contribution in [0.2, 0.25) is 0 Å². The second-order valence-electron chi connectivity index (χ2n) is 15.6. The summed E-state index contributed by atoms with van der Waals surface area (Å²) in [7, 11) is 0. The van der Waals surface area contributed by atoms with Gasteiger partial charge in [0.15, 0.2) is 0 Å². The number of benzene rings is 3. The maximum absolute atomic E-state index is 12.8. The van der Waals surface area contributed by atoms with Gasteiger partial charge in [-0.3, -0.25) is 0 Å². The van der Waals surface area contributed by atoms with Gasteiger partial charge in [0.1, 0.15) is 11.6 Å². The molecule has 11 heteroatoms. The van der Waals surface area contributed by atoms with Crippen LogP contribution in [0.3, 0.4) is 0 Å². The summed E-state index contributed by atoms with van der Waals surface area (Å²) in [6.07, 6.45) is 12.8. The summed E-state index contributed by atoms with van der Waals surface area (Å²) in [5, 5.41) is 9.91. The number of aromatic nitrogens is 2. The molecule has 0 bridgehead atoms. The van der Waals surface area contributed by atoms with Crippen molar-refractivity contribution in [1.82, 2.24) is 9.97 Å². The van der Waals surface area contributed by atoms with E-state index in [-0.39, 0.29) is 17.9 Å². The normalized spacial score (nSPS) is 12.5. The quantitative estimate of drug-likeness (QED) is 0.0391. The zero-order valence-corrected chi connectivity index (χ0v) is 36.7. The highest BCUT2D eigenvalue weighted by Crippen LogP contribution is 2.26. The van der Waals surface area contributed by atoms with Crippen LogP contribution in [0.15, 0.2) is 78.9 Å². The van der Waals surface area contributed by atoms with Crippen LogP contribution in [-0.2, 0) is 14.2 Å². The van der Waals surface area contributed by atoms with Crippen molar-refractivity contribution >= 4 is 52.6 Å². The highest BCUT2D eigenvalue weighted by Gasteiger charge is 2.16. The molecule has 0 aliphatic carbocycles. The van der Waals surface area contributed by atoms with Crippen LogP contribution in [0, 0.1) is 17.8 Å². The molecule has 4 aromatic rings. The maximum Gasteiger partial charge on any atom is 0.338 e. The van der Waals surface area contributed by atoms with Gasteiger partial charge >= 0.3 is 17.9 Å². The van der Waals surface area contributed by atoms with Gasteiger partial charge in [-0.2, -0.15) is 9.97 Å². The monoisotopic (exact) mass is 822 g/mol. The van der Waals surface area contributed by atoms with Crippen LogP contribution in [0.4, 0.5) is 34.6 Å². The molecule has 0 aliphatic heterocycles. The minimum atomic E-state index is -0.349. The molecule has 0 spiro atoms. The van der Waals surface area contributed by atoms with Crippen molar-refractivity contribution in [3.63, 3.8) is 0 Å². The molecule has 4 rings (SSSR count). The molecule has 324 valence electrons. The van der Waals surface area contributed by atoms with E-state index < -0.39 is 0 Å². The van der Waals surface area contributed by atoms with E-state index in [0.29, 0.717) is 88.9 Å². The molecule has 3 atom stereocenters. The average Bonchev–Trinajstić information content (AvgIpc) is 3.27. The summed E-state index contributed by atoms with van der Waals surface area (Å²) in [5.41, 5.74) is 3.51. The second-order valence-corrected chi connectivity index (χ2v) is 15.6. The van der Waals surface area contributed by atoms with E-state index in [1.54, 1.807) is 54.6 Å². The van der Waals surface area contributed by atoms with E-state index >= 15 is 0 Å². The molecule has 0 amide bonds. The Hall–Kier alpha value is -5.45. The van der Waals surface area contributed by atoms with Crippen molar-refractivity contribution < 1.29 is 28.6 Å². The molecule has 0 saturated carbocycles. The first-order chi connectivity index (χ1) is 29.2. The van der Waals surface area contributed by atoms with E-state index in [4.69, 9.17) is 24.2 Å². The van der Waals surface area contributed by atoms with Gasteiger partial charge in [-0.25, -0.2) is 14.4 Å². The van der Waals surface area contributed by atoms with E-state index in [1.807, 2.05) is 24.3 Å². The van der Waals surface area contributed by atoms with Crippen molar-refractivity contribution in [3.05, 3.63) is 95.6 Å². The van der Waals surface area contributed by atoms with Crippen LogP contribution in [0.5, 0.6) is 0 Å². The molecule has 0 fully saturated rings. The minimum absolute atomic E-state index is 0.294. The van der Waals surface area contributed by atoms with Crippen molar-refractivity contribution in [2.75, 3.05) is 35.8 Å². The number of ether oxygens (including phenoxy) is 3. The van der Waals surface area contributed by atoms with Crippen LogP contribution in [0.25, 0.3) is 0 Å². The van der Waals surface area contributed by atoms with Gasteiger partial charge in [-0.1, -0.05) is 99.3 Å². The number of anilines is 6. The number of carbonyl (C=O) groups is 3. The molecule has 0 aliphatic rings. The number of rotatable bonds is 27. The van der Waals surface area contributed by atoms with Gasteiger partial charge in [0, 0.05) is 23.1 Å². The summed E-state index contributed by atoms with van der Waals surface area (Å²) < 4.78 is 17.0. The molecule has 3 aromatic carbocycles. The lowest BCUT2D eigenvalue weighted by atomic mass is 10.0. The topological polar surface area (TPSA) is 141 Å². The largest absolute Gasteiger partial charge is 0.462 e. The Bertz CT molecular complexity index is 1650. The summed E-state index contributed by atoms with van der Waals surface area (Å²) in [4.78, 5) is 48.0. The summed E-state index contributed by atoms with van der Waals surface area (Å²) in [6, 6.07) is 22.9. The second kappa shape index (κ2) is 25.9. The fourth-order valence-electron chi connectivity index (χ4n) is 6.65. The highest BCUT2D eigenvalue weighted by molar-refractivity contribution is 5.91. The van der Waals surface area contributed by atoms with E-state index in [9.17, 15) is 14.4 Å². The fourth-order valence-corrected chi connectivity index (χ4v) is 6.65. The van der Waals surface area contributed by atoms with Gasteiger partial charge in [0.25, 0.3) is 0 Å². The third kappa shape index (κ3) is 16.0. The molecule has 11 nitrogen and oxygen atoms in total. The lowest BCUT2D eigenvalue weighted by Crippen LogP contribution is -2.14. The van der Waals surface area contributed by atoms with Gasteiger partial charge in [0.2, 0.25) is 5.95 Å². The SMILES string of the molecule is CCCCC(CC)COC(=O)c1ccc(Nc2cc(Nc3ccc(C(=O)OCC(CC)CCCC)cc3)nc(Nc3ccc(C(=O)OCC(CC)CCCC)cc3)n2)cc1. The standard InChI is InChI=1S/C49H67N5O6/c1-7-13-16-35(10-4)32-58-46(55)38-19-25-41(26-20-38)50-44-31-45(51-42-27-21-39(22-28-42)47(56)59-33-36(11-5)17-14-8-2)54-49(53-44)52-43-29-23-40(24-30-43)48(57)60-34-37(12-6)18-15-9-3/h19-31,35-37H,7-18,32-34H2,1-6H3,(H3,50,51,52,53,54). The third-order valence-electron chi connectivity index (χ3n) is 10.9. The van der Waals surface area contributed by atoms with E-state index in [0.717, 1.165) is 77.0 Å². The Balaban J connectivity index is 1.49. The van der Waals surface area contributed by atoms with Crippen LogP contribution >= 0.6 is 0 Å². The van der Waals surface area contributed by atoms with E-state index in [2.05, 4.69) is 57.5 Å². The third-order valence-corrected chi connectivity index (χ3v) is 10.9. The zero-order chi connectivity index (χ0) is 43.1. The predicted octanol–water partition coefficient (Wildman–Crippen LogP) is 12.8. The fraction of sp³-hybridized carbons (Fsp3) is 0.490. The molecule has 0 saturated heterocycles. The van der Waals surface area contributed by atoms with Crippen LogP contribution in [0.1, 0.15) is 150 Å². The van der Waals surface area contributed by atoms with Gasteiger partial charge in [0.05, 0.1) is 36.5 Å². The van der Waals surface area contributed by atoms with Crippen LogP contribution < -0.4 is 16.0 Å². The van der Waals surface area contributed by atoms with Crippen molar-refractivity contribution in [3.8, 4) is 0 Å². The maximum atomic E-state index is 12.8. The molecule has 60 heavy (non-hydrogen) atoms. The lowest BCUT2D eigenvalue weighted by molar-refractivity contribution is 0.0419. The predicted molar refractivity (Wildman–Crippen MR) is 242 cm³/mol. The minimum Gasteiger partial charge on any atom is -0.462 e. The number of nitrogens with zero attached hydrogens (tertiary/aromatic N) is 2. The number of nitrogens with one attached hydrogen (secondary N) is 3. The van der Waals surface area contributed by atoms with Gasteiger partial charge in [-0.05, 0) is 110 Å².